The molecule has 0 aliphatic heterocycles. The van der Waals surface area contributed by atoms with Gasteiger partial charge in [-0.2, -0.15) is 0 Å². The van der Waals surface area contributed by atoms with Gasteiger partial charge in [0.15, 0.2) is 5.65 Å². The number of aromatic amines is 1. The van der Waals surface area contributed by atoms with Gasteiger partial charge in [-0.05, 0) is 53.4 Å². The predicted molar refractivity (Wildman–Crippen MR) is 113 cm³/mol. The molecule has 0 saturated heterocycles. The topological polar surface area (TPSA) is 101 Å². The molecule has 0 unspecified atom stereocenters. The number of hydrogen-bond donors (Lipinski definition) is 1. The van der Waals surface area contributed by atoms with E-state index in [4.69, 9.17) is 0 Å². The maximum atomic E-state index is 12.8. The average Bonchev–Trinajstić information content (AvgIpc) is 3.52. The predicted octanol–water partition coefficient (Wildman–Crippen LogP) is 2.43. The van der Waals surface area contributed by atoms with E-state index in [1.165, 1.54) is 11.8 Å². The zero-order valence-corrected chi connectivity index (χ0v) is 18.1. The van der Waals surface area contributed by atoms with Crippen molar-refractivity contribution in [3.63, 3.8) is 0 Å². The Morgan fingerprint density at radius 3 is 2.34 bits per heavy atom. The van der Waals surface area contributed by atoms with Crippen molar-refractivity contribution in [2.75, 3.05) is 5.75 Å². The number of aromatic nitrogens is 4. The minimum absolute atomic E-state index is 0.00618. The SMILES string of the molecule is CC(C)N(C(=O)CSc1nc(C2CC2)nc2c1c(=O)[nH]c(=O)n2C1CC1)C(C)C. The monoisotopic (exact) mass is 417 g/mol. The lowest BCUT2D eigenvalue weighted by atomic mass is 10.2. The minimum atomic E-state index is -0.483. The molecule has 8 nitrogen and oxygen atoms in total. The molecule has 1 amide bonds. The van der Waals surface area contributed by atoms with Gasteiger partial charge in [0.05, 0.1) is 5.75 Å². The molecule has 0 spiro atoms. The van der Waals surface area contributed by atoms with Crippen molar-refractivity contribution < 1.29 is 4.79 Å². The van der Waals surface area contributed by atoms with Crippen LogP contribution >= 0.6 is 11.8 Å². The van der Waals surface area contributed by atoms with Gasteiger partial charge in [-0.1, -0.05) is 11.8 Å². The third-order valence-corrected chi connectivity index (χ3v) is 6.32. The van der Waals surface area contributed by atoms with E-state index in [9.17, 15) is 14.4 Å². The summed E-state index contributed by atoms with van der Waals surface area (Å²) in [6.45, 7) is 7.97. The van der Waals surface area contributed by atoms with Crippen molar-refractivity contribution in [2.24, 2.45) is 0 Å². The first-order valence-corrected chi connectivity index (χ1v) is 11.3. The molecule has 2 saturated carbocycles. The van der Waals surface area contributed by atoms with Crippen LogP contribution in [0.4, 0.5) is 0 Å². The Bertz CT molecular complexity index is 1060. The second-order valence-corrected chi connectivity index (χ2v) is 9.46. The summed E-state index contributed by atoms with van der Waals surface area (Å²) in [4.78, 5) is 51.4. The van der Waals surface area contributed by atoms with Crippen LogP contribution in [-0.4, -0.2) is 48.2 Å². The Morgan fingerprint density at radius 1 is 1.14 bits per heavy atom. The highest BCUT2D eigenvalue weighted by Crippen LogP contribution is 2.40. The fraction of sp³-hybridized carbons (Fsp3) is 0.650. The maximum absolute atomic E-state index is 12.8. The van der Waals surface area contributed by atoms with Crippen LogP contribution in [0.15, 0.2) is 14.6 Å². The Balaban J connectivity index is 1.75. The van der Waals surface area contributed by atoms with Gasteiger partial charge in [0.1, 0.15) is 16.2 Å². The lowest BCUT2D eigenvalue weighted by Gasteiger charge is -2.30. The maximum Gasteiger partial charge on any atom is 0.330 e. The van der Waals surface area contributed by atoms with E-state index in [1.807, 2.05) is 32.6 Å². The number of H-pyrrole nitrogens is 1. The zero-order valence-electron chi connectivity index (χ0n) is 17.3. The first kappa shape index (κ1) is 20.1. The molecule has 0 bridgehead atoms. The standard InChI is InChI=1S/C20H27N5O3S/c1-10(2)24(11(3)4)14(26)9-29-19-15-17(21-16(22-19)12-5-6-12)25(13-7-8-13)20(28)23-18(15)27/h10-13H,5-9H2,1-4H3,(H,23,27,28). The average molecular weight is 418 g/mol. The molecule has 2 aliphatic carbocycles. The summed E-state index contributed by atoms with van der Waals surface area (Å²) in [7, 11) is 0. The zero-order chi connectivity index (χ0) is 20.9. The first-order valence-electron chi connectivity index (χ1n) is 10.3. The van der Waals surface area contributed by atoms with Crippen molar-refractivity contribution in [3.8, 4) is 0 Å². The molecule has 2 heterocycles. The molecule has 0 aromatic carbocycles. The third kappa shape index (κ3) is 3.97. The molecule has 0 radical (unpaired) electrons. The van der Waals surface area contributed by atoms with Gasteiger partial charge in [0, 0.05) is 24.0 Å². The lowest BCUT2D eigenvalue weighted by molar-refractivity contribution is -0.131. The number of nitrogens with zero attached hydrogens (tertiary/aromatic N) is 4. The van der Waals surface area contributed by atoms with Crippen LogP contribution in [0.1, 0.15) is 71.2 Å². The summed E-state index contributed by atoms with van der Waals surface area (Å²) in [6, 6.07) is 0.270. The van der Waals surface area contributed by atoms with Crippen molar-refractivity contribution in [1.29, 1.82) is 0 Å². The van der Waals surface area contributed by atoms with Crippen molar-refractivity contribution >= 4 is 28.7 Å². The third-order valence-electron chi connectivity index (χ3n) is 5.36. The molecule has 2 aromatic rings. The minimum Gasteiger partial charge on any atom is -0.337 e. The van der Waals surface area contributed by atoms with Gasteiger partial charge < -0.3 is 4.90 Å². The van der Waals surface area contributed by atoms with E-state index >= 15 is 0 Å². The summed E-state index contributed by atoms with van der Waals surface area (Å²) in [6.07, 6.45) is 3.84. The molecule has 1 N–H and O–H groups in total. The Morgan fingerprint density at radius 2 is 1.79 bits per heavy atom. The van der Waals surface area contributed by atoms with Gasteiger partial charge in [-0.15, -0.1) is 0 Å². The van der Waals surface area contributed by atoms with E-state index in [0.29, 0.717) is 21.9 Å². The summed E-state index contributed by atoms with van der Waals surface area (Å²) in [5, 5.41) is 0.813. The number of carbonyl (C=O) groups excluding carboxylic acids is 1. The second-order valence-electron chi connectivity index (χ2n) is 8.50. The largest absolute Gasteiger partial charge is 0.337 e. The molecule has 0 atom stereocenters. The molecule has 9 heteroatoms. The van der Waals surface area contributed by atoms with E-state index < -0.39 is 11.2 Å². The first-order chi connectivity index (χ1) is 13.8. The van der Waals surface area contributed by atoms with Crippen LogP contribution < -0.4 is 11.2 Å². The Kier molecular flexibility index (Phi) is 5.27. The van der Waals surface area contributed by atoms with Crippen LogP contribution in [0.5, 0.6) is 0 Å². The highest BCUT2D eigenvalue weighted by atomic mass is 32.2. The molecule has 29 heavy (non-hydrogen) atoms. The fourth-order valence-electron chi connectivity index (χ4n) is 3.81. The normalized spacial score (nSPS) is 16.8. The fourth-order valence-corrected chi connectivity index (χ4v) is 4.71. The van der Waals surface area contributed by atoms with Gasteiger partial charge >= 0.3 is 5.69 Å². The number of carbonyl (C=O) groups is 1. The number of hydrogen-bond acceptors (Lipinski definition) is 6. The van der Waals surface area contributed by atoms with E-state index in [0.717, 1.165) is 25.7 Å². The molecule has 2 fully saturated rings. The van der Waals surface area contributed by atoms with Gasteiger partial charge in [0.25, 0.3) is 5.56 Å². The number of fused-ring (bicyclic) bond motifs is 1. The van der Waals surface area contributed by atoms with Crippen LogP contribution in [0, 0.1) is 0 Å². The highest BCUT2D eigenvalue weighted by Gasteiger charge is 2.32. The Labute approximate surface area is 173 Å². The van der Waals surface area contributed by atoms with Crippen molar-refractivity contribution in [1.82, 2.24) is 24.4 Å². The van der Waals surface area contributed by atoms with Crippen LogP contribution in [0.2, 0.25) is 0 Å². The number of amides is 1. The Hall–Kier alpha value is -2.16. The number of thioether (sulfide) groups is 1. The van der Waals surface area contributed by atoms with Crippen LogP contribution in [0.25, 0.3) is 11.0 Å². The molecular weight excluding hydrogens is 390 g/mol. The van der Waals surface area contributed by atoms with Gasteiger partial charge in [-0.25, -0.2) is 14.8 Å². The highest BCUT2D eigenvalue weighted by molar-refractivity contribution is 8.00. The van der Waals surface area contributed by atoms with E-state index in [2.05, 4.69) is 15.0 Å². The summed E-state index contributed by atoms with van der Waals surface area (Å²) in [5.74, 6) is 1.15. The van der Waals surface area contributed by atoms with Crippen LogP contribution in [-0.2, 0) is 4.79 Å². The summed E-state index contributed by atoms with van der Waals surface area (Å²) in [5.41, 5.74) is -0.482. The molecule has 2 aliphatic rings. The van der Waals surface area contributed by atoms with Crippen molar-refractivity contribution in [2.45, 2.75) is 82.4 Å². The second kappa shape index (κ2) is 7.59. The molecular formula is C20H27N5O3S. The van der Waals surface area contributed by atoms with Crippen molar-refractivity contribution in [3.05, 3.63) is 26.7 Å². The number of rotatable bonds is 7. The quantitative estimate of drug-likeness (QED) is 0.548. The summed E-state index contributed by atoms with van der Waals surface area (Å²) < 4.78 is 1.60. The summed E-state index contributed by atoms with van der Waals surface area (Å²) >= 11 is 1.26. The van der Waals surface area contributed by atoms with Gasteiger partial charge in [-0.3, -0.25) is 19.1 Å². The van der Waals surface area contributed by atoms with Gasteiger partial charge in [0.2, 0.25) is 5.91 Å². The molecule has 2 aromatic heterocycles. The smallest absolute Gasteiger partial charge is 0.330 e. The van der Waals surface area contributed by atoms with E-state index in [-0.39, 0.29) is 35.7 Å². The molecule has 4 rings (SSSR count). The molecule has 156 valence electrons. The van der Waals surface area contributed by atoms with Crippen LogP contribution in [0.3, 0.4) is 0 Å². The lowest BCUT2D eigenvalue weighted by Crippen LogP contribution is -2.43. The number of nitrogens with one attached hydrogen (secondary N) is 1. The van der Waals surface area contributed by atoms with E-state index in [1.54, 1.807) is 4.57 Å².